The normalized spacial score (nSPS) is 21.2. The van der Waals surface area contributed by atoms with Gasteiger partial charge in [0.1, 0.15) is 12.4 Å². The van der Waals surface area contributed by atoms with Crippen molar-refractivity contribution in [3.05, 3.63) is 65.0 Å². The van der Waals surface area contributed by atoms with Crippen molar-refractivity contribution >= 4 is 45.9 Å². The summed E-state index contributed by atoms with van der Waals surface area (Å²) in [4.78, 5) is 65.1. The lowest BCUT2D eigenvalue weighted by Gasteiger charge is -2.30. The van der Waals surface area contributed by atoms with Gasteiger partial charge in [0.2, 0.25) is 11.5 Å². The predicted octanol–water partition coefficient (Wildman–Crippen LogP) is 1.31. The summed E-state index contributed by atoms with van der Waals surface area (Å²) < 4.78 is 46.3. The Morgan fingerprint density at radius 2 is 1.89 bits per heavy atom. The molecular weight excluding hydrogens is 603 g/mol. The van der Waals surface area contributed by atoms with E-state index in [1.807, 2.05) is 0 Å². The fraction of sp³-hybridized carbons (Fsp3) is 0.370. The second kappa shape index (κ2) is 11.7. The van der Waals surface area contributed by atoms with E-state index in [0.717, 1.165) is 4.31 Å². The van der Waals surface area contributed by atoms with Crippen LogP contribution in [0.3, 0.4) is 0 Å². The molecule has 1 aliphatic carbocycles. The maximum absolute atomic E-state index is 13.7. The quantitative estimate of drug-likeness (QED) is 0.332. The van der Waals surface area contributed by atoms with Gasteiger partial charge < -0.3 is 25.4 Å². The molecule has 1 spiro atoms. The number of hydrogen-bond donors (Lipinski definition) is 4. The number of ether oxygens (including phenoxy) is 1. The van der Waals surface area contributed by atoms with Crippen LogP contribution in [0.25, 0.3) is 0 Å². The molecule has 5 rings (SSSR count). The van der Waals surface area contributed by atoms with Crippen molar-refractivity contribution in [1.29, 1.82) is 0 Å². The number of fused-ring (bicyclic) bond motifs is 2. The summed E-state index contributed by atoms with van der Waals surface area (Å²) in [5, 5.41) is 14.0. The molecule has 2 atom stereocenters. The molecule has 0 unspecified atom stereocenters. The van der Waals surface area contributed by atoms with E-state index in [9.17, 15) is 36.8 Å². The van der Waals surface area contributed by atoms with Gasteiger partial charge in [-0.3, -0.25) is 9.59 Å². The number of aryl methyl sites for hydroxylation is 1. The number of anilines is 1. The molecular formula is C27H29FN6O9S. The number of hydrogen-bond acceptors (Lipinski definition) is 8. The molecule has 0 bridgehead atoms. The Balaban J connectivity index is 1.36. The standard InChI is InChI=1S/C27H29FN6O9S/c1-29-24(37)30-19-6-7-21-17(12-19)8-10-27(21)23(36)34(26(40)43-27)15-22(35)33(13-16-2-4-18(28)5-3-16)20-9-11-32(14-20)44(41,42)31-25(38)39/h2-7,12,20,31H,8-11,13-15H2,1H3,(H,38,39)(H2,29,30,37)/t20-,27-/m1/s1. The highest BCUT2D eigenvalue weighted by Crippen LogP contribution is 2.46. The summed E-state index contributed by atoms with van der Waals surface area (Å²) >= 11 is 0. The Morgan fingerprint density at radius 3 is 2.57 bits per heavy atom. The highest BCUT2D eigenvalue weighted by Gasteiger charge is 2.58. The molecule has 0 aromatic heterocycles. The van der Waals surface area contributed by atoms with Crippen LogP contribution in [0.4, 0.5) is 24.5 Å². The first-order valence-electron chi connectivity index (χ1n) is 13.5. The zero-order valence-electron chi connectivity index (χ0n) is 23.4. The number of carboxylic acid groups (broad SMARTS) is 1. The van der Waals surface area contributed by atoms with Crippen molar-refractivity contribution in [2.45, 2.75) is 37.5 Å². The number of urea groups is 1. The van der Waals surface area contributed by atoms with Crippen molar-refractivity contribution < 1.29 is 46.6 Å². The largest absolute Gasteiger partial charge is 0.464 e. The van der Waals surface area contributed by atoms with Gasteiger partial charge in [0.05, 0.1) is 0 Å². The Bertz CT molecular complexity index is 1640. The van der Waals surface area contributed by atoms with Crippen LogP contribution < -0.4 is 15.4 Å². The summed E-state index contributed by atoms with van der Waals surface area (Å²) in [5.41, 5.74) is 0.474. The van der Waals surface area contributed by atoms with Gasteiger partial charge in [0.15, 0.2) is 0 Å². The zero-order chi connectivity index (χ0) is 31.8. The molecule has 3 aliphatic rings. The molecule has 4 N–H and O–H groups in total. The molecule has 15 nitrogen and oxygen atoms in total. The molecule has 17 heteroatoms. The van der Waals surface area contributed by atoms with Crippen LogP contribution in [-0.4, -0.2) is 90.4 Å². The number of nitrogens with one attached hydrogen (secondary N) is 3. The molecule has 2 heterocycles. The van der Waals surface area contributed by atoms with Crippen LogP contribution in [-0.2, 0) is 43.1 Å². The third-order valence-corrected chi connectivity index (χ3v) is 9.29. The van der Waals surface area contributed by atoms with Gasteiger partial charge in [0, 0.05) is 50.4 Å². The summed E-state index contributed by atoms with van der Waals surface area (Å²) in [6.07, 6.45) is -2.15. The monoisotopic (exact) mass is 632 g/mol. The van der Waals surface area contributed by atoms with E-state index >= 15 is 0 Å². The van der Waals surface area contributed by atoms with Gasteiger partial charge in [0.25, 0.3) is 5.91 Å². The number of nitrogens with zero attached hydrogens (tertiary/aromatic N) is 3. The average Bonchev–Trinajstić information content (AvgIpc) is 3.66. The van der Waals surface area contributed by atoms with Gasteiger partial charge in [-0.15, -0.1) is 0 Å². The molecule has 0 radical (unpaired) electrons. The second-order valence-electron chi connectivity index (χ2n) is 10.5. The van der Waals surface area contributed by atoms with Crippen LogP contribution >= 0.6 is 0 Å². The lowest BCUT2D eigenvalue weighted by Crippen LogP contribution is -2.49. The zero-order valence-corrected chi connectivity index (χ0v) is 24.2. The first-order chi connectivity index (χ1) is 20.8. The Morgan fingerprint density at radius 1 is 1.16 bits per heavy atom. The third kappa shape index (κ3) is 5.87. The number of imide groups is 1. The smallest absolute Gasteiger partial charge is 0.419 e. The maximum Gasteiger partial charge on any atom is 0.419 e. The van der Waals surface area contributed by atoms with Crippen LogP contribution in [0.1, 0.15) is 29.5 Å². The second-order valence-corrected chi connectivity index (χ2v) is 12.2. The van der Waals surface area contributed by atoms with Gasteiger partial charge in [-0.2, -0.15) is 12.7 Å². The third-order valence-electron chi connectivity index (χ3n) is 7.85. The molecule has 2 aliphatic heterocycles. The van der Waals surface area contributed by atoms with Gasteiger partial charge in [-0.05, 0) is 48.2 Å². The van der Waals surface area contributed by atoms with Crippen molar-refractivity contribution in [3.63, 3.8) is 0 Å². The van der Waals surface area contributed by atoms with Crippen LogP contribution in [0.2, 0.25) is 0 Å². The van der Waals surface area contributed by atoms with Gasteiger partial charge in [-0.25, -0.2) is 28.4 Å². The van der Waals surface area contributed by atoms with Crippen molar-refractivity contribution in [1.82, 2.24) is 24.1 Å². The predicted molar refractivity (Wildman–Crippen MR) is 150 cm³/mol. The SMILES string of the molecule is CNC(=O)Nc1ccc2c(c1)CC[C@@]21OC(=O)N(CC(=O)N(Cc2ccc(F)cc2)[C@@H]2CCN(S(=O)(=O)NC(=O)O)C2)C1=O. The number of carbonyl (C=O) groups is 5. The number of carbonyl (C=O) groups excluding carboxylic acids is 4. The minimum atomic E-state index is -4.39. The first kappa shape index (κ1) is 30.7. The van der Waals surface area contributed by atoms with Crippen LogP contribution in [0.5, 0.6) is 0 Å². The van der Waals surface area contributed by atoms with Crippen LogP contribution in [0, 0.1) is 5.82 Å². The lowest BCUT2D eigenvalue weighted by molar-refractivity contribution is -0.143. The molecule has 2 fully saturated rings. The molecule has 0 saturated carbocycles. The van der Waals surface area contributed by atoms with E-state index in [-0.39, 0.29) is 32.5 Å². The molecule has 2 aromatic rings. The summed E-state index contributed by atoms with van der Waals surface area (Å²) in [6, 6.07) is 8.92. The molecule has 6 amide bonds. The van der Waals surface area contributed by atoms with E-state index in [0.29, 0.717) is 33.7 Å². The van der Waals surface area contributed by atoms with Crippen molar-refractivity contribution in [2.75, 3.05) is 32.0 Å². The summed E-state index contributed by atoms with van der Waals surface area (Å²) in [6.45, 7) is -1.15. The highest BCUT2D eigenvalue weighted by molar-refractivity contribution is 7.87. The minimum Gasteiger partial charge on any atom is -0.464 e. The fourth-order valence-electron chi connectivity index (χ4n) is 5.72. The number of rotatable bonds is 8. The molecule has 44 heavy (non-hydrogen) atoms. The highest BCUT2D eigenvalue weighted by atomic mass is 32.2. The minimum absolute atomic E-state index is 0.0954. The Hall–Kier alpha value is -4.77. The van der Waals surface area contributed by atoms with E-state index in [2.05, 4.69) is 10.6 Å². The van der Waals surface area contributed by atoms with Crippen molar-refractivity contribution in [3.8, 4) is 0 Å². The number of halogens is 1. The molecule has 2 saturated heterocycles. The van der Waals surface area contributed by atoms with E-state index in [1.54, 1.807) is 18.2 Å². The van der Waals surface area contributed by atoms with Gasteiger partial charge in [-0.1, -0.05) is 18.2 Å². The molecule has 234 valence electrons. The fourth-order valence-corrected chi connectivity index (χ4v) is 6.78. The maximum atomic E-state index is 13.7. The van der Waals surface area contributed by atoms with Crippen LogP contribution in [0.15, 0.2) is 42.5 Å². The lowest BCUT2D eigenvalue weighted by atomic mass is 9.94. The van der Waals surface area contributed by atoms with E-state index in [4.69, 9.17) is 9.84 Å². The number of amides is 6. The van der Waals surface area contributed by atoms with Crippen molar-refractivity contribution in [2.24, 2.45) is 0 Å². The Kier molecular flexibility index (Phi) is 8.17. The Labute approximate surface area is 251 Å². The first-order valence-corrected chi connectivity index (χ1v) is 15.0. The van der Waals surface area contributed by atoms with E-state index < -0.39 is 64.2 Å². The van der Waals surface area contributed by atoms with E-state index in [1.165, 1.54) is 40.9 Å². The summed E-state index contributed by atoms with van der Waals surface area (Å²) in [5.74, 6) is -1.94. The topological polar surface area (TPSA) is 195 Å². The number of benzene rings is 2. The van der Waals surface area contributed by atoms with Gasteiger partial charge >= 0.3 is 28.4 Å². The average molecular weight is 633 g/mol. The summed E-state index contributed by atoms with van der Waals surface area (Å²) in [7, 11) is -2.93. The molecule has 2 aromatic carbocycles.